The summed E-state index contributed by atoms with van der Waals surface area (Å²) in [7, 11) is 0. The molecule has 3 aromatic rings. The summed E-state index contributed by atoms with van der Waals surface area (Å²) in [6, 6.07) is 6.14. The number of rotatable bonds is 5. The quantitative estimate of drug-likeness (QED) is 0.577. The second kappa shape index (κ2) is 9.28. The first kappa shape index (κ1) is 21.6. The highest BCUT2D eigenvalue weighted by Gasteiger charge is 2.34. The van der Waals surface area contributed by atoms with Gasteiger partial charge in [-0.25, -0.2) is 19.3 Å². The molecule has 6 nitrogen and oxygen atoms in total. The fraction of sp³-hybridized carbons (Fsp3) is 0.364. The number of aryl methyl sites for hydroxylation is 1. The van der Waals surface area contributed by atoms with E-state index in [0.717, 1.165) is 28.3 Å². The van der Waals surface area contributed by atoms with Crippen LogP contribution >= 0.6 is 22.9 Å². The molecule has 31 heavy (non-hydrogen) atoms. The molecule has 2 aromatic heterocycles. The number of nitrogens with zero attached hydrogens (tertiary/aromatic N) is 4. The Balaban J connectivity index is 1.60. The van der Waals surface area contributed by atoms with E-state index in [0.29, 0.717) is 35.7 Å². The highest BCUT2D eigenvalue weighted by molar-refractivity contribution is 7.15. The molecular formula is C22H23ClFN5OS. The van der Waals surface area contributed by atoms with Crippen LogP contribution in [-0.2, 0) is 0 Å². The van der Waals surface area contributed by atoms with Crippen molar-refractivity contribution in [1.29, 1.82) is 0 Å². The van der Waals surface area contributed by atoms with Gasteiger partial charge < -0.3 is 10.2 Å². The van der Waals surface area contributed by atoms with Gasteiger partial charge in [-0.1, -0.05) is 30.7 Å². The average molecular weight is 460 g/mol. The number of hydrogen-bond donors (Lipinski definition) is 1. The summed E-state index contributed by atoms with van der Waals surface area (Å²) in [5.74, 6) is 0.393. The largest absolute Gasteiger partial charge is 0.365 e. The number of nitrogens with one attached hydrogen (secondary N) is 1. The number of hydrogen-bond acceptors (Lipinski definition) is 6. The Hall–Kier alpha value is -2.58. The van der Waals surface area contributed by atoms with Gasteiger partial charge in [0.1, 0.15) is 11.5 Å². The molecule has 1 amide bonds. The monoisotopic (exact) mass is 459 g/mol. The van der Waals surface area contributed by atoms with Crippen LogP contribution in [0.3, 0.4) is 0 Å². The molecule has 2 unspecified atom stereocenters. The van der Waals surface area contributed by atoms with Crippen LogP contribution in [0.2, 0.25) is 5.15 Å². The van der Waals surface area contributed by atoms with Crippen molar-refractivity contribution in [1.82, 2.24) is 19.9 Å². The SMILES string of the molecule is Cc1nc(C(=O)N2CCCC(C)C2CNc2nccnc2Cl)c(-c2ccc(F)cc2)s1. The fourth-order valence-corrected chi connectivity index (χ4v) is 5.05. The lowest BCUT2D eigenvalue weighted by Crippen LogP contribution is -2.51. The third-order valence-corrected chi connectivity index (χ3v) is 6.85. The minimum Gasteiger partial charge on any atom is -0.365 e. The maximum atomic E-state index is 13.6. The zero-order chi connectivity index (χ0) is 22.0. The van der Waals surface area contributed by atoms with E-state index in [1.807, 2.05) is 11.8 Å². The van der Waals surface area contributed by atoms with Crippen LogP contribution in [0.1, 0.15) is 35.3 Å². The summed E-state index contributed by atoms with van der Waals surface area (Å²) in [6.45, 7) is 5.20. The van der Waals surface area contributed by atoms with Gasteiger partial charge in [0.25, 0.3) is 5.91 Å². The van der Waals surface area contributed by atoms with Crippen LogP contribution < -0.4 is 5.32 Å². The number of benzene rings is 1. The Morgan fingerprint density at radius 2 is 2.03 bits per heavy atom. The van der Waals surface area contributed by atoms with E-state index < -0.39 is 0 Å². The number of carbonyl (C=O) groups is 1. The summed E-state index contributed by atoms with van der Waals surface area (Å²) in [5.41, 5.74) is 1.21. The minimum atomic E-state index is -0.309. The van der Waals surface area contributed by atoms with Crippen molar-refractivity contribution in [2.24, 2.45) is 5.92 Å². The predicted octanol–water partition coefficient (Wildman–Crippen LogP) is 5.05. The number of halogens is 2. The Labute approximate surface area is 189 Å². The lowest BCUT2D eigenvalue weighted by Gasteiger charge is -2.40. The second-order valence-corrected chi connectivity index (χ2v) is 9.24. The Morgan fingerprint density at radius 1 is 1.29 bits per heavy atom. The highest BCUT2D eigenvalue weighted by atomic mass is 35.5. The molecule has 9 heteroatoms. The first-order valence-electron chi connectivity index (χ1n) is 10.2. The van der Waals surface area contributed by atoms with Crippen molar-refractivity contribution in [2.45, 2.75) is 32.7 Å². The van der Waals surface area contributed by atoms with Gasteiger partial charge in [-0.05, 0) is 43.4 Å². The molecule has 0 bridgehead atoms. The van der Waals surface area contributed by atoms with Gasteiger partial charge in [0.15, 0.2) is 11.0 Å². The Morgan fingerprint density at radius 3 is 2.77 bits per heavy atom. The molecule has 3 heterocycles. The van der Waals surface area contributed by atoms with Crippen molar-refractivity contribution in [3.63, 3.8) is 0 Å². The zero-order valence-electron chi connectivity index (χ0n) is 17.3. The summed E-state index contributed by atoms with van der Waals surface area (Å²) in [4.78, 5) is 29.1. The van der Waals surface area contributed by atoms with Gasteiger partial charge >= 0.3 is 0 Å². The van der Waals surface area contributed by atoms with Crippen LogP contribution in [0.25, 0.3) is 10.4 Å². The highest BCUT2D eigenvalue weighted by Crippen LogP contribution is 2.33. The molecule has 0 saturated carbocycles. The van der Waals surface area contributed by atoms with E-state index >= 15 is 0 Å². The molecule has 1 saturated heterocycles. The molecule has 2 atom stereocenters. The third-order valence-electron chi connectivity index (χ3n) is 5.55. The number of amides is 1. The van der Waals surface area contributed by atoms with Gasteiger partial charge in [-0.15, -0.1) is 11.3 Å². The number of aromatic nitrogens is 3. The van der Waals surface area contributed by atoms with E-state index in [-0.39, 0.29) is 17.8 Å². The maximum Gasteiger partial charge on any atom is 0.274 e. The standard InChI is InChI=1S/C22H23ClFN5OS/c1-13-4-3-11-29(17(13)12-27-21-20(23)25-9-10-26-21)22(30)18-19(31-14(2)28-18)15-5-7-16(24)8-6-15/h5-10,13,17H,3-4,11-12H2,1-2H3,(H,26,27). The Bertz CT molecular complexity index is 1070. The van der Waals surface area contributed by atoms with Gasteiger partial charge in [0.05, 0.1) is 15.9 Å². The second-order valence-electron chi connectivity index (χ2n) is 7.68. The first-order chi connectivity index (χ1) is 14.9. The van der Waals surface area contributed by atoms with Crippen molar-refractivity contribution in [3.05, 3.63) is 58.3 Å². The van der Waals surface area contributed by atoms with Crippen molar-refractivity contribution in [3.8, 4) is 10.4 Å². The third kappa shape index (κ3) is 4.70. The summed E-state index contributed by atoms with van der Waals surface area (Å²) >= 11 is 7.57. The van der Waals surface area contributed by atoms with E-state index in [4.69, 9.17) is 11.6 Å². The fourth-order valence-electron chi connectivity index (χ4n) is 3.96. The van der Waals surface area contributed by atoms with Gasteiger partial charge in [-0.2, -0.15) is 0 Å². The zero-order valence-corrected chi connectivity index (χ0v) is 18.9. The van der Waals surface area contributed by atoms with Crippen molar-refractivity contribution < 1.29 is 9.18 Å². The minimum absolute atomic E-state index is 0.0394. The molecule has 0 radical (unpaired) electrons. The topological polar surface area (TPSA) is 71.0 Å². The number of thiazole rings is 1. The van der Waals surface area contributed by atoms with E-state index in [1.165, 1.54) is 29.7 Å². The summed E-state index contributed by atoms with van der Waals surface area (Å²) < 4.78 is 13.4. The number of likely N-dealkylation sites (tertiary alicyclic amines) is 1. The van der Waals surface area contributed by atoms with Crippen LogP contribution in [-0.4, -0.2) is 44.9 Å². The molecule has 0 aliphatic carbocycles. The molecule has 1 aliphatic rings. The lowest BCUT2D eigenvalue weighted by atomic mass is 9.90. The first-order valence-corrected chi connectivity index (χ1v) is 11.4. The van der Waals surface area contributed by atoms with Gasteiger partial charge in [0.2, 0.25) is 0 Å². The van der Waals surface area contributed by atoms with E-state index in [9.17, 15) is 9.18 Å². The van der Waals surface area contributed by atoms with Crippen LogP contribution in [0.15, 0.2) is 36.7 Å². The van der Waals surface area contributed by atoms with E-state index in [2.05, 4.69) is 27.2 Å². The molecular weight excluding hydrogens is 437 g/mol. The van der Waals surface area contributed by atoms with Crippen LogP contribution in [0.4, 0.5) is 10.2 Å². The molecule has 0 spiro atoms. The van der Waals surface area contributed by atoms with Crippen molar-refractivity contribution in [2.75, 3.05) is 18.4 Å². The molecule has 1 aromatic carbocycles. The number of piperidine rings is 1. The van der Waals surface area contributed by atoms with Crippen molar-refractivity contribution >= 4 is 34.7 Å². The Kier molecular flexibility index (Phi) is 6.48. The van der Waals surface area contributed by atoms with Gasteiger partial charge in [-0.3, -0.25) is 4.79 Å². The number of anilines is 1. The smallest absolute Gasteiger partial charge is 0.274 e. The molecule has 162 valence electrons. The van der Waals surface area contributed by atoms with Crippen LogP contribution in [0, 0.1) is 18.7 Å². The number of carbonyl (C=O) groups excluding carboxylic acids is 1. The van der Waals surface area contributed by atoms with E-state index in [1.54, 1.807) is 18.3 Å². The van der Waals surface area contributed by atoms with Gasteiger partial charge in [0, 0.05) is 25.5 Å². The predicted molar refractivity (Wildman–Crippen MR) is 121 cm³/mol. The molecule has 1 fully saturated rings. The summed E-state index contributed by atoms with van der Waals surface area (Å²) in [5, 5.41) is 4.35. The average Bonchev–Trinajstić information content (AvgIpc) is 3.15. The molecule has 4 rings (SSSR count). The van der Waals surface area contributed by atoms with Crippen LogP contribution in [0.5, 0.6) is 0 Å². The lowest BCUT2D eigenvalue weighted by molar-refractivity contribution is 0.0535. The molecule has 1 aliphatic heterocycles. The maximum absolute atomic E-state index is 13.6. The summed E-state index contributed by atoms with van der Waals surface area (Å²) in [6.07, 6.45) is 5.08. The normalized spacial score (nSPS) is 18.8. The molecule has 1 N–H and O–H groups in total.